The Bertz CT molecular complexity index is 649. The van der Waals surface area contributed by atoms with E-state index in [1.165, 1.54) is 6.42 Å². The van der Waals surface area contributed by atoms with Crippen LogP contribution in [0.1, 0.15) is 85.0 Å². The highest BCUT2D eigenvalue weighted by Gasteiger charge is 2.68. The van der Waals surface area contributed by atoms with Gasteiger partial charge in [-0.3, -0.25) is 0 Å². The van der Waals surface area contributed by atoms with Gasteiger partial charge in [0.05, 0.1) is 0 Å². The van der Waals surface area contributed by atoms with Crippen LogP contribution in [-0.2, 0) is 9.68 Å². The molecule has 4 fully saturated rings. The normalized spacial score (nSPS) is 38.8. The predicted molar refractivity (Wildman–Crippen MR) is 110 cm³/mol. The quantitative estimate of drug-likeness (QED) is 0.363. The molecule has 0 saturated heterocycles. The Kier molecular flexibility index (Phi) is 6.24. The van der Waals surface area contributed by atoms with Crippen molar-refractivity contribution in [2.45, 2.75) is 91.1 Å². The summed E-state index contributed by atoms with van der Waals surface area (Å²) in [5.74, 6) is -0.234. The van der Waals surface area contributed by atoms with E-state index >= 15 is 0 Å². The fraction of sp³-hybridized carbons (Fsp3) is 1.00. The van der Waals surface area contributed by atoms with Crippen LogP contribution in [0.5, 0.6) is 0 Å². The van der Waals surface area contributed by atoms with Gasteiger partial charge >= 0.3 is 0 Å². The average molecular weight is 428 g/mol. The minimum atomic E-state index is -0.964. The van der Waals surface area contributed by atoms with Crippen LogP contribution >= 0.6 is 0 Å². The van der Waals surface area contributed by atoms with Crippen molar-refractivity contribution < 1.29 is 19.8 Å². The molecular weight excluding hydrogens is 390 g/mol. The van der Waals surface area contributed by atoms with E-state index in [0.717, 1.165) is 57.8 Å². The third kappa shape index (κ3) is 4.09. The van der Waals surface area contributed by atoms with E-state index in [4.69, 9.17) is 10.6 Å². The SMILES string of the molecule is CCCC12CC3(CN)CC(CCC)(C1)CC(C(C)C(CO[N+](=O)[O-])O[N+](=O)[O-])(C3)C2. The zero-order valence-corrected chi connectivity index (χ0v) is 18.6. The first-order valence-electron chi connectivity index (χ1n) is 11.4. The van der Waals surface area contributed by atoms with Crippen LogP contribution in [0.4, 0.5) is 0 Å². The molecule has 0 heterocycles. The van der Waals surface area contributed by atoms with Gasteiger partial charge in [-0.05, 0) is 85.5 Å². The minimum absolute atomic E-state index is 0.0521. The first-order valence-corrected chi connectivity index (χ1v) is 11.4. The topological polar surface area (TPSA) is 131 Å². The van der Waals surface area contributed by atoms with Crippen LogP contribution in [0.15, 0.2) is 0 Å². The van der Waals surface area contributed by atoms with Crippen LogP contribution < -0.4 is 5.73 Å². The monoisotopic (exact) mass is 427 g/mol. The summed E-state index contributed by atoms with van der Waals surface area (Å²) in [6, 6.07) is 0. The molecule has 9 nitrogen and oxygen atoms in total. The Morgan fingerprint density at radius 2 is 1.40 bits per heavy atom. The van der Waals surface area contributed by atoms with E-state index < -0.39 is 22.9 Å². The van der Waals surface area contributed by atoms with E-state index in [9.17, 15) is 20.2 Å². The third-order valence-electron chi connectivity index (χ3n) is 8.51. The molecule has 0 aliphatic heterocycles. The molecule has 9 heteroatoms. The minimum Gasteiger partial charge on any atom is -0.330 e. The van der Waals surface area contributed by atoms with Gasteiger partial charge in [0, 0.05) is 0 Å². The fourth-order valence-corrected chi connectivity index (χ4v) is 8.57. The van der Waals surface area contributed by atoms with Gasteiger partial charge in [-0.1, -0.05) is 33.6 Å². The molecule has 2 N–H and O–H groups in total. The maximum absolute atomic E-state index is 11.2. The van der Waals surface area contributed by atoms with Gasteiger partial charge in [-0.25, -0.2) is 0 Å². The molecule has 0 amide bonds. The Hall–Kier alpha value is -1.64. The molecule has 0 aromatic rings. The second-order valence-electron chi connectivity index (χ2n) is 10.8. The molecule has 172 valence electrons. The molecule has 4 aliphatic carbocycles. The van der Waals surface area contributed by atoms with Gasteiger partial charge in [0.15, 0.2) is 0 Å². The first-order chi connectivity index (χ1) is 14.1. The summed E-state index contributed by atoms with van der Waals surface area (Å²) in [6.45, 7) is 6.62. The zero-order chi connectivity index (χ0) is 22.2. The van der Waals surface area contributed by atoms with Crippen molar-refractivity contribution in [3.05, 3.63) is 20.2 Å². The van der Waals surface area contributed by atoms with Gasteiger partial charge in [0.2, 0.25) is 0 Å². The van der Waals surface area contributed by atoms with Crippen molar-refractivity contribution in [3.63, 3.8) is 0 Å². The van der Waals surface area contributed by atoms with Crippen molar-refractivity contribution in [2.75, 3.05) is 13.2 Å². The van der Waals surface area contributed by atoms with Gasteiger partial charge in [0.25, 0.3) is 10.2 Å². The van der Waals surface area contributed by atoms with E-state index in [0.29, 0.717) is 6.54 Å². The largest absolute Gasteiger partial charge is 0.330 e. The maximum atomic E-state index is 11.2. The van der Waals surface area contributed by atoms with Gasteiger partial charge < -0.3 is 15.4 Å². The average Bonchev–Trinajstić information content (AvgIpc) is 2.63. The van der Waals surface area contributed by atoms with E-state index in [2.05, 4.69) is 18.7 Å². The molecule has 0 radical (unpaired) electrons. The predicted octanol–water partition coefficient (Wildman–Crippen LogP) is 4.29. The highest BCUT2D eigenvalue weighted by Crippen LogP contribution is 2.77. The van der Waals surface area contributed by atoms with Crippen LogP contribution in [0.2, 0.25) is 0 Å². The lowest BCUT2D eigenvalue weighted by Gasteiger charge is -2.73. The van der Waals surface area contributed by atoms with Crippen molar-refractivity contribution in [3.8, 4) is 0 Å². The summed E-state index contributed by atoms with van der Waals surface area (Å²) in [4.78, 5) is 31.5. The molecule has 4 aliphatic rings. The summed E-state index contributed by atoms with van der Waals surface area (Å²) in [5, 5.41) is 20.2. The van der Waals surface area contributed by atoms with Crippen LogP contribution in [0.25, 0.3) is 0 Å². The number of hydrogen-bond donors (Lipinski definition) is 1. The number of rotatable bonds is 12. The Morgan fingerprint density at radius 3 is 1.83 bits per heavy atom. The molecule has 0 aromatic heterocycles. The zero-order valence-electron chi connectivity index (χ0n) is 18.6. The fourth-order valence-electron chi connectivity index (χ4n) is 8.57. The molecule has 4 bridgehead atoms. The summed E-state index contributed by atoms with van der Waals surface area (Å²) in [7, 11) is 0. The summed E-state index contributed by atoms with van der Waals surface area (Å²) < 4.78 is 0. The summed E-state index contributed by atoms with van der Waals surface area (Å²) in [5.41, 5.74) is 6.69. The second-order valence-corrected chi connectivity index (χ2v) is 10.8. The number of nitrogens with two attached hydrogens (primary N) is 1. The van der Waals surface area contributed by atoms with Gasteiger partial charge in [-0.15, -0.1) is 20.2 Å². The van der Waals surface area contributed by atoms with Gasteiger partial charge in [-0.2, -0.15) is 0 Å². The van der Waals surface area contributed by atoms with Crippen molar-refractivity contribution in [2.24, 2.45) is 33.3 Å². The smallest absolute Gasteiger partial charge is 0.294 e. The molecule has 4 atom stereocenters. The van der Waals surface area contributed by atoms with Crippen LogP contribution in [-0.4, -0.2) is 29.4 Å². The second kappa shape index (κ2) is 8.13. The van der Waals surface area contributed by atoms with Crippen molar-refractivity contribution in [1.82, 2.24) is 0 Å². The summed E-state index contributed by atoms with van der Waals surface area (Å²) >= 11 is 0. The third-order valence-corrected chi connectivity index (χ3v) is 8.51. The van der Waals surface area contributed by atoms with Crippen molar-refractivity contribution >= 4 is 0 Å². The molecule has 4 unspecified atom stereocenters. The lowest BCUT2D eigenvalue weighted by molar-refractivity contribution is -0.792. The van der Waals surface area contributed by atoms with Crippen LogP contribution in [0.3, 0.4) is 0 Å². The summed E-state index contributed by atoms with van der Waals surface area (Å²) in [6.07, 6.45) is 9.92. The van der Waals surface area contributed by atoms with E-state index in [1.807, 2.05) is 6.92 Å². The lowest BCUT2D eigenvalue weighted by atomic mass is 9.32. The molecule has 4 rings (SSSR count). The lowest BCUT2D eigenvalue weighted by Crippen LogP contribution is -2.65. The van der Waals surface area contributed by atoms with Gasteiger partial charge in [0.1, 0.15) is 12.7 Å². The standard InChI is InChI=1S/C21H37N3O6/c1-4-6-18-9-19(7-5-2)11-20(10-18,15-22)14-21(12-18,13-19)16(3)17(30-24(27)28)8-29-23(25)26/h16-17H,4-15,22H2,1-3H3. The Balaban J connectivity index is 2.00. The molecule has 30 heavy (non-hydrogen) atoms. The molecular formula is C21H37N3O6. The van der Waals surface area contributed by atoms with E-state index in [-0.39, 0.29) is 27.6 Å². The van der Waals surface area contributed by atoms with E-state index in [1.54, 1.807) is 0 Å². The Labute approximate surface area is 178 Å². The van der Waals surface area contributed by atoms with Crippen LogP contribution in [0, 0.1) is 47.8 Å². The number of nitrogens with zero attached hydrogens (tertiary/aromatic N) is 2. The highest BCUT2D eigenvalue weighted by molar-refractivity contribution is 5.18. The molecule has 0 aromatic carbocycles. The first kappa shape index (κ1) is 23.0. The molecule has 0 spiro atoms. The highest BCUT2D eigenvalue weighted by atomic mass is 17.0. The number of hydrogen-bond acceptors (Lipinski definition) is 7. The maximum Gasteiger partial charge on any atom is 0.294 e. The van der Waals surface area contributed by atoms with Crippen molar-refractivity contribution in [1.29, 1.82) is 0 Å². The Morgan fingerprint density at radius 1 is 0.900 bits per heavy atom. The molecule has 4 saturated carbocycles.